The smallest absolute Gasteiger partial charge is 0.227 e. The minimum atomic E-state index is 0.255. The van der Waals surface area contributed by atoms with Crippen LogP contribution in [0.25, 0.3) is 0 Å². The lowest BCUT2D eigenvalue weighted by Crippen LogP contribution is -2.49. The number of amides is 1. The van der Waals surface area contributed by atoms with E-state index in [1.165, 1.54) is 62.9 Å². The van der Waals surface area contributed by atoms with Gasteiger partial charge >= 0.3 is 0 Å². The number of anilines is 1. The van der Waals surface area contributed by atoms with E-state index < -0.39 is 0 Å². The van der Waals surface area contributed by atoms with Crippen LogP contribution in [-0.4, -0.2) is 61.0 Å². The van der Waals surface area contributed by atoms with E-state index in [9.17, 15) is 4.79 Å². The highest BCUT2D eigenvalue weighted by Crippen LogP contribution is 2.28. The van der Waals surface area contributed by atoms with Gasteiger partial charge < -0.3 is 9.80 Å². The molecule has 1 saturated heterocycles. The third-order valence-electron chi connectivity index (χ3n) is 8.37. The average Bonchev–Trinajstić information content (AvgIpc) is 3.31. The van der Waals surface area contributed by atoms with E-state index in [4.69, 9.17) is 0 Å². The molecule has 2 heterocycles. The Morgan fingerprint density at radius 3 is 2.21 bits per heavy atom. The number of hydrogen-bond acceptors (Lipinski definition) is 3. The molecule has 2 aromatic carbocycles. The predicted molar refractivity (Wildman–Crippen MR) is 141 cm³/mol. The van der Waals surface area contributed by atoms with E-state index in [2.05, 4.69) is 71.0 Å². The van der Waals surface area contributed by atoms with Crippen LogP contribution in [0.2, 0.25) is 0 Å². The van der Waals surface area contributed by atoms with Crippen LogP contribution in [0.3, 0.4) is 0 Å². The van der Waals surface area contributed by atoms with E-state index in [-0.39, 0.29) is 5.91 Å². The second kappa shape index (κ2) is 10.5. The summed E-state index contributed by atoms with van der Waals surface area (Å²) in [5.74, 6) is 0.780. The van der Waals surface area contributed by atoms with E-state index in [0.717, 1.165) is 37.8 Å². The molecular formula is C30H41N3O. The Morgan fingerprint density at radius 1 is 0.853 bits per heavy atom. The first-order valence-corrected chi connectivity index (χ1v) is 13.5. The third kappa shape index (κ3) is 5.33. The lowest BCUT2D eigenvalue weighted by Gasteiger charge is -2.36. The Labute approximate surface area is 205 Å². The van der Waals surface area contributed by atoms with Crippen molar-refractivity contribution in [1.29, 1.82) is 0 Å². The molecule has 1 aliphatic carbocycles. The van der Waals surface area contributed by atoms with Crippen molar-refractivity contribution >= 4 is 11.6 Å². The molecule has 34 heavy (non-hydrogen) atoms. The molecule has 3 aliphatic rings. The molecule has 4 nitrogen and oxygen atoms in total. The maximum Gasteiger partial charge on any atom is 0.227 e. The number of carbonyl (C=O) groups is 1. The van der Waals surface area contributed by atoms with Gasteiger partial charge in [-0.25, -0.2) is 0 Å². The standard InChI is InChI=1S/C30H41N3O/c1-23(2)25-9-7-24(8-10-25)21-30(34)33-19-17-32(18-20-33)29-12-11-26-13-15-31(16-14-27(26)22-29)28-5-3-4-6-28/h7-12,22-23,28H,3-6,13-21H2,1-2H3. The van der Waals surface area contributed by atoms with Crippen LogP contribution in [0.4, 0.5) is 5.69 Å². The average molecular weight is 460 g/mol. The number of hydrogen-bond donors (Lipinski definition) is 0. The van der Waals surface area contributed by atoms with E-state index in [0.29, 0.717) is 12.3 Å². The normalized spacial score (nSPS) is 20.0. The minimum absolute atomic E-state index is 0.255. The summed E-state index contributed by atoms with van der Waals surface area (Å²) in [5.41, 5.74) is 6.87. The molecule has 0 spiro atoms. The zero-order valence-corrected chi connectivity index (χ0v) is 21.1. The lowest BCUT2D eigenvalue weighted by atomic mass is 10.0. The van der Waals surface area contributed by atoms with Gasteiger partial charge in [0, 0.05) is 51.0 Å². The fourth-order valence-corrected chi connectivity index (χ4v) is 6.08. The van der Waals surface area contributed by atoms with Crippen molar-refractivity contribution in [2.45, 2.75) is 70.8 Å². The van der Waals surface area contributed by atoms with Crippen molar-refractivity contribution in [2.75, 3.05) is 44.2 Å². The largest absolute Gasteiger partial charge is 0.368 e. The fourth-order valence-electron chi connectivity index (χ4n) is 6.08. The zero-order chi connectivity index (χ0) is 23.5. The molecule has 2 aliphatic heterocycles. The van der Waals surface area contributed by atoms with E-state index >= 15 is 0 Å². The molecule has 0 unspecified atom stereocenters. The van der Waals surface area contributed by atoms with Gasteiger partial charge in [0.2, 0.25) is 5.91 Å². The number of benzene rings is 2. The SMILES string of the molecule is CC(C)c1ccc(CC(=O)N2CCN(c3ccc4c(c3)CCN(C3CCCC3)CC4)CC2)cc1. The van der Waals surface area contributed by atoms with Gasteiger partial charge in [0.05, 0.1) is 6.42 Å². The molecule has 4 heteroatoms. The first-order chi connectivity index (χ1) is 16.6. The molecule has 1 saturated carbocycles. The molecule has 182 valence electrons. The van der Waals surface area contributed by atoms with E-state index in [1.807, 2.05) is 0 Å². The van der Waals surface area contributed by atoms with Gasteiger partial charge in [0.25, 0.3) is 0 Å². The van der Waals surface area contributed by atoms with Gasteiger partial charge in [-0.2, -0.15) is 0 Å². The Morgan fingerprint density at radius 2 is 1.53 bits per heavy atom. The Kier molecular flexibility index (Phi) is 7.24. The van der Waals surface area contributed by atoms with Crippen molar-refractivity contribution in [3.8, 4) is 0 Å². The molecule has 0 aromatic heterocycles. The van der Waals surface area contributed by atoms with Gasteiger partial charge in [-0.1, -0.05) is 57.0 Å². The third-order valence-corrected chi connectivity index (χ3v) is 8.37. The molecule has 2 fully saturated rings. The quantitative estimate of drug-likeness (QED) is 0.626. The van der Waals surface area contributed by atoms with Crippen LogP contribution >= 0.6 is 0 Å². The predicted octanol–water partition coefficient (Wildman–Crippen LogP) is 5.04. The van der Waals surface area contributed by atoms with Gasteiger partial charge in [0.1, 0.15) is 0 Å². The Bertz CT molecular complexity index is 969. The fraction of sp³-hybridized carbons (Fsp3) is 0.567. The molecular weight excluding hydrogens is 418 g/mol. The highest BCUT2D eigenvalue weighted by molar-refractivity contribution is 5.79. The summed E-state index contributed by atoms with van der Waals surface area (Å²) in [4.78, 5) is 20.2. The molecule has 0 bridgehead atoms. The number of nitrogens with zero attached hydrogens (tertiary/aromatic N) is 3. The number of rotatable bonds is 5. The summed E-state index contributed by atoms with van der Waals surface area (Å²) in [5, 5.41) is 0. The molecule has 5 rings (SSSR count). The Hall–Kier alpha value is -2.33. The number of fused-ring (bicyclic) bond motifs is 1. The summed E-state index contributed by atoms with van der Waals surface area (Å²) in [6, 6.07) is 16.5. The number of piperazine rings is 1. The van der Waals surface area contributed by atoms with Crippen LogP contribution in [0.1, 0.15) is 67.7 Å². The lowest BCUT2D eigenvalue weighted by molar-refractivity contribution is -0.130. The summed E-state index contributed by atoms with van der Waals surface area (Å²) in [7, 11) is 0. The Balaban J connectivity index is 1.15. The first kappa shape index (κ1) is 23.4. The molecule has 0 atom stereocenters. The molecule has 1 amide bonds. The van der Waals surface area contributed by atoms with Crippen molar-refractivity contribution in [2.24, 2.45) is 0 Å². The first-order valence-electron chi connectivity index (χ1n) is 13.5. The monoisotopic (exact) mass is 459 g/mol. The van der Waals surface area contributed by atoms with Crippen LogP contribution in [0, 0.1) is 0 Å². The van der Waals surface area contributed by atoms with Gasteiger partial charge in [-0.05, 0) is 66.0 Å². The van der Waals surface area contributed by atoms with Crippen molar-refractivity contribution in [1.82, 2.24) is 9.80 Å². The number of carbonyl (C=O) groups excluding carboxylic acids is 1. The summed E-state index contributed by atoms with van der Waals surface area (Å²) >= 11 is 0. The summed E-state index contributed by atoms with van der Waals surface area (Å²) in [6.45, 7) is 10.3. The van der Waals surface area contributed by atoms with Gasteiger partial charge in [-0.15, -0.1) is 0 Å². The van der Waals surface area contributed by atoms with Crippen molar-refractivity contribution < 1.29 is 4.79 Å². The topological polar surface area (TPSA) is 26.8 Å². The minimum Gasteiger partial charge on any atom is -0.368 e. The maximum absolute atomic E-state index is 12.9. The summed E-state index contributed by atoms with van der Waals surface area (Å²) < 4.78 is 0. The van der Waals surface area contributed by atoms with Gasteiger partial charge in [-0.3, -0.25) is 9.69 Å². The van der Waals surface area contributed by atoms with Crippen molar-refractivity contribution in [3.05, 3.63) is 64.7 Å². The van der Waals surface area contributed by atoms with E-state index in [1.54, 1.807) is 11.1 Å². The van der Waals surface area contributed by atoms with Crippen molar-refractivity contribution in [3.63, 3.8) is 0 Å². The van der Waals surface area contributed by atoms with Crippen LogP contribution in [0.5, 0.6) is 0 Å². The summed E-state index contributed by atoms with van der Waals surface area (Å²) in [6.07, 6.45) is 8.49. The van der Waals surface area contributed by atoms with Gasteiger partial charge in [0.15, 0.2) is 0 Å². The zero-order valence-electron chi connectivity index (χ0n) is 21.1. The van der Waals surface area contributed by atoms with Crippen LogP contribution in [-0.2, 0) is 24.1 Å². The second-order valence-corrected chi connectivity index (χ2v) is 10.9. The van der Waals surface area contributed by atoms with Crippen LogP contribution in [0.15, 0.2) is 42.5 Å². The highest BCUT2D eigenvalue weighted by atomic mass is 16.2. The van der Waals surface area contributed by atoms with Crippen LogP contribution < -0.4 is 4.90 Å². The maximum atomic E-state index is 12.9. The highest BCUT2D eigenvalue weighted by Gasteiger charge is 2.26. The molecule has 2 aromatic rings. The molecule has 0 N–H and O–H groups in total. The second-order valence-electron chi connectivity index (χ2n) is 10.9. The molecule has 0 radical (unpaired) electrons.